The van der Waals surface area contributed by atoms with Crippen LogP contribution in [0.5, 0.6) is 5.75 Å². The van der Waals surface area contributed by atoms with Crippen LogP contribution in [-0.2, 0) is 4.79 Å². The van der Waals surface area contributed by atoms with Gasteiger partial charge < -0.3 is 30.5 Å². The molecule has 1 amide bonds. The van der Waals surface area contributed by atoms with Gasteiger partial charge in [0.25, 0.3) is 0 Å². The van der Waals surface area contributed by atoms with Crippen molar-refractivity contribution < 1.29 is 9.53 Å². The number of carbonyl (C=O) groups is 1. The van der Waals surface area contributed by atoms with E-state index >= 15 is 0 Å². The van der Waals surface area contributed by atoms with E-state index in [-0.39, 0.29) is 5.91 Å². The van der Waals surface area contributed by atoms with Crippen molar-refractivity contribution >= 4 is 56.5 Å². The van der Waals surface area contributed by atoms with Gasteiger partial charge in [-0.25, -0.2) is 9.97 Å². The lowest BCUT2D eigenvalue weighted by Gasteiger charge is -2.27. The van der Waals surface area contributed by atoms with E-state index in [1.165, 1.54) is 12.4 Å². The molecule has 1 aromatic heterocycles. The third-order valence-electron chi connectivity index (χ3n) is 5.72. The predicted molar refractivity (Wildman–Crippen MR) is 147 cm³/mol. The molecule has 1 fully saturated rings. The van der Waals surface area contributed by atoms with Crippen LogP contribution in [-0.4, -0.2) is 66.1 Å². The number of methoxy groups -OCH3 is 1. The zero-order chi connectivity index (χ0) is 25.5. The highest BCUT2D eigenvalue weighted by Crippen LogP contribution is 2.38. The summed E-state index contributed by atoms with van der Waals surface area (Å²) >= 11 is 3.46. The van der Waals surface area contributed by atoms with Crippen molar-refractivity contribution in [3.63, 3.8) is 0 Å². The van der Waals surface area contributed by atoms with E-state index < -0.39 is 0 Å². The number of amides is 1. The molecule has 1 saturated heterocycles. The number of nitrogens with one attached hydrogen (secondary N) is 3. The van der Waals surface area contributed by atoms with Crippen molar-refractivity contribution in [2.75, 3.05) is 61.2 Å². The summed E-state index contributed by atoms with van der Waals surface area (Å²) in [5.41, 5.74) is 2.97. The quantitative estimate of drug-likeness (QED) is 0.350. The zero-order valence-electron chi connectivity index (χ0n) is 20.3. The van der Waals surface area contributed by atoms with Crippen LogP contribution in [0.15, 0.2) is 59.9 Å². The first-order valence-corrected chi connectivity index (χ1v) is 12.3. The summed E-state index contributed by atoms with van der Waals surface area (Å²) in [4.78, 5) is 29.7. The van der Waals surface area contributed by atoms with Crippen LogP contribution in [0.4, 0.5) is 34.6 Å². The molecule has 10 nitrogen and oxygen atoms in total. The number of ether oxygens (including phenoxy) is 1. The molecule has 11 heteroatoms. The first-order valence-electron chi connectivity index (χ1n) is 11.5. The number of carbonyl (C=O) groups excluding carboxylic acids is 1. The zero-order valence-corrected chi connectivity index (χ0v) is 21.9. The Labute approximate surface area is 218 Å². The monoisotopic (exact) mass is 552 g/mol. The van der Waals surface area contributed by atoms with Gasteiger partial charge in [0, 0.05) is 35.9 Å². The number of anilines is 6. The van der Waals surface area contributed by atoms with Crippen molar-refractivity contribution in [1.29, 1.82) is 0 Å². The van der Waals surface area contributed by atoms with Crippen LogP contribution >= 0.6 is 15.9 Å². The average molecular weight is 553 g/mol. The Hall–Kier alpha value is -3.70. The Balaban J connectivity index is 1.64. The summed E-state index contributed by atoms with van der Waals surface area (Å²) in [6.45, 7) is 7.24. The van der Waals surface area contributed by atoms with Gasteiger partial charge in [-0.2, -0.15) is 4.98 Å². The SMILES string of the molecule is C=CC(=O)Nc1cc(Nc2ncnc(Nc3cccc(Br)c3)n2)c(OC)cc1N1CCCN(C)CC1. The molecule has 3 aromatic rings. The van der Waals surface area contributed by atoms with Gasteiger partial charge in [0.2, 0.25) is 17.8 Å². The molecule has 4 rings (SSSR count). The molecular formula is C25H29BrN8O2. The standard InChI is InChI=1S/C25H29BrN8O2/c1-4-23(35)30-19-14-20(22(36-3)15-21(19)34-10-6-9-33(2)11-12-34)31-25-28-16-27-24(32-25)29-18-8-5-7-17(26)13-18/h4-5,7-8,13-16H,1,6,9-12H2,2-3H3,(H,30,35)(H2,27,28,29,31,32). The highest BCUT2D eigenvalue weighted by Gasteiger charge is 2.20. The lowest BCUT2D eigenvalue weighted by atomic mass is 10.1. The minimum absolute atomic E-state index is 0.292. The van der Waals surface area contributed by atoms with Gasteiger partial charge in [-0.3, -0.25) is 4.79 Å². The van der Waals surface area contributed by atoms with E-state index in [4.69, 9.17) is 4.74 Å². The molecule has 36 heavy (non-hydrogen) atoms. The summed E-state index contributed by atoms with van der Waals surface area (Å²) in [7, 11) is 3.72. The number of hydrogen-bond donors (Lipinski definition) is 3. The number of rotatable bonds is 8. The smallest absolute Gasteiger partial charge is 0.247 e. The fourth-order valence-electron chi connectivity index (χ4n) is 3.90. The average Bonchev–Trinajstić information content (AvgIpc) is 3.08. The van der Waals surface area contributed by atoms with Gasteiger partial charge in [0.05, 0.1) is 24.2 Å². The van der Waals surface area contributed by atoms with Crippen LogP contribution in [0.25, 0.3) is 0 Å². The van der Waals surface area contributed by atoms with Crippen LogP contribution in [0, 0.1) is 0 Å². The Bertz CT molecular complexity index is 1240. The predicted octanol–water partition coefficient (Wildman–Crippen LogP) is 4.40. The Morgan fingerprint density at radius 2 is 1.89 bits per heavy atom. The number of halogens is 1. The molecule has 0 bridgehead atoms. The molecule has 188 valence electrons. The fourth-order valence-corrected chi connectivity index (χ4v) is 4.30. The summed E-state index contributed by atoms with van der Waals surface area (Å²) in [6, 6.07) is 11.4. The van der Waals surface area contributed by atoms with E-state index in [9.17, 15) is 4.79 Å². The maximum atomic E-state index is 12.3. The largest absolute Gasteiger partial charge is 0.494 e. The first kappa shape index (κ1) is 25.4. The fraction of sp³-hybridized carbons (Fsp3) is 0.280. The molecule has 0 unspecified atom stereocenters. The molecule has 2 heterocycles. The second-order valence-corrected chi connectivity index (χ2v) is 9.22. The van der Waals surface area contributed by atoms with Crippen molar-refractivity contribution in [2.24, 2.45) is 0 Å². The number of aromatic nitrogens is 3. The molecule has 0 aliphatic carbocycles. The van der Waals surface area contributed by atoms with E-state index in [0.717, 1.165) is 48.4 Å². The molecule has 0 atom stereocenters. The number of likely N-dealkylation sites (N-methyl/N-ethyl adjacent to an activating group) is 1. The Morgan fingerprint density at radius 1 is 1.08 bits per heavy atom. The van der Waals surface area contributed by atoms with Gasteiger partial charge in [-0.05, 0) is 50.4 Å². The summed E-state index contributed by atoms with van der Waals surface area (Å²) in [5, 5.41) is 9.30. The van der Waals surface area contributed by atoms with Crippen LogP contribution < -0.4 is 25.6 Å². The van der Waals surface area contributed by atoms with Crippen LogP contribution in [0.2, 0.25) is 0 Å². The second-order valence-electron chi connectivity index (χ2n) is 8.30. The van der Waals surface area contributed by atoms with Crippen molar-refractivity contribution in [1.82, 2.24) is 19.9 Å². The first-order chi connectivity index (χ1) is 17.4. The third kappa shape index (κ3) is 6.49. The van der Waals surface area contributed by atoms with Crippen LogP contribution in [0.1, 0.15) is 6.42 Å². The van der Waals surface area contributed by atoms with Gasteiger partial charge in [-0.15, -0.1) is 0 Å². The molecule has 0 spiro atoms. The molecule has 3 N–H and O–H groups in total. The molecular weight excluding hydrogens is 524 g/mol. The maximum Gasteiger partial charge on any atom is 0.247 e. The highest BCUT2D eigenvalue weighted by molar-refractivity contribution is 9.10. The minimum Gasteiger partial charge on any atom is -0.494 e. The normalized spacial score (nSPS) is 14.0. The number of nitrogens with zero attached hydrogens (tertiary/aromatic N) is 5. The molecule has 2 aromatic carbocycles. The number of benzene rings is 2. The summed E-state index contributed by atoms with van der Waals surface area (Å²) in [6.07, 6.45) is 3.69. The molecule has 0 saturated carbocycles. The van der Waals surface area contributed by atoms with E-state index in [1.807, 2.05) is 36.4 Å². The Kier molecular flexibility index (Phi) is 8.34. The number of hydrogen-bond acceptors (Lipinski definition) is 9. The third-order valence-corrected chi connectivity index (χ3v) is 6.21. The second kappa shape index (κ2) is 11.8. The van der Waals surface area contributed by atoms with Gasteiger partial charge in [-0.1, -0.05) is 28.6 Å². The van der Waals surface area contributed by atoms with Gasteiger partial charge >= 0.3 is 0 Å². The molecule has 1 aliphatic rings. The van der Waals surface area contributed by atoms with Crippen LogP contribution in [0.3, 0.4) is 0 Å². The minimum atomic E-state index is -0.292. The highest BCUT2D eigenvalue weighted by atomic mass is 79.9. The van der Waals surface area contributed by atoms with Crippen molar-refractivity contribution in [3.05, 3.63) is 59.9 Å². The maximum absolute atomic E-state index is 12.3. The lowest BCUT2D eigenvalue weighted by Crippen LogP contribution is -2.29. The van der Waals surface area contributed by atoms with Gasteiger partial charge in [0.1, 0.15) is 12.1 Å². The Morgan fingerprint density at radius 3 is 2.64 bits per heavy atom. The van der Waals surface area contributed by atoms with Crippen molar-refractivity contribution in [2.45, 2.75) is 6.42 Å². The lowest BCUT2D eigenvalue weighted by molar-refractivity contribution is -0.111. The summed E-state index contributed by atoms with van der Waals surface area (Å²) < 4.78 is 6.64. The molecule has 0 radical (unpaired) electrons. The van der Waals surface area contributed by atoms with E-state index in [0.29, 0.717) is 29.0 Å². The van der Waals surface area contributed by atoms with E-state index in [1.54, 1.807) is 7.11 Å². The van der Waals surface area contributed by atoms with Crippen molar-refractivity contribution in [3.8, 4) is 5.75 Å². The molecule has 1 aliphatic heterocycles. The summed E-state index contributed by atoms with van der Waals surface area (Å²) in [5.74, 6) is 1.02. The van der Waals surface area contributed by atoms with E-state index in [2.05, 4.69) is 70.3 Å². The van der Waals surface area contributed by atoms with Gasteiger partial charge in [0.15, 0.2) is 0 Å². The topological polar surface area (TPSA) is 108 Å².